The third-order valence-electron chi connectivity index (χ3n) is 3.69. The van der Waals surface area contributed by atoms with E-state index in [0.29, 0.717) is 16.3 Å². The third-order valence-corrected chi connectivity index (χ3v) is 3.92. The maximum atomic E-state index is 12.8. The van der Waals surface area contributed by atoms with Gasteiger partial charge in [-0.05, 0) is 37.1 Å². The molecule has 21 heavy (non-hydrogen) atoms. The predicted octanol–water partition coefficient (Wildman–Crippen LogP) is 3.34. The molecule has 5 heteroatoms. The second-order valence-corrected chi connectivity index (χ2v) is 5.55. The van der Waals surface area contributed by atoms with Gasteiger partial charge in [-0.3, -0.25) is 9.78 Å². The average Bonchev–Trinajstić information content (AvgIpc) is 2.47. The number of ether oxygens (including phenoxy) is 1. The monoisotopic (exact) mass is 302 g/mol. The van der Waals surface area contributed by atoms with E-state index in [2.05, 4.69) is 4.98 Å². The molecule has 0 N–H and O–H groups in total. The summed E-state index contributed by atoms with van der Waals surface area (Å²) >= 11 is 6.01. The summed E-state index contributed by atoms with van der Waals surface area (Å²) in [5, 5.41) is 0.658. The lowest BCUT2D eigenvalue weighted by Crippen LogP contribution is -2.44. The first-order valence-electron chi connectivity index (χ1n) is 6.71. The molecule has 1 atom stereocenters. The first-order chi connectivity index (χ1) is 10.1. The minimum atomic E-state index is -0.0320. The molecule has 1 unspecified atom stereocenters. The van der Waals surface area contributed by atoms with E-state index in [0.717, 1.165) is 17.7 Å². The van der Waals surface area contributed by atoms with Crippen LogP contribution in [0.15, 0.2) is 36.7 Å². The lowest BCUT2D eigenvalue weighted by atomic mass is 9.94. The van der Waals surface area contributed by atoms with E-state index in [1.165, 1.54) is 0 Å². The van der Waals surface area contributed by atoms with Crippen molar-refractivity contribution in [3.8, 4) is 5.75 Å². The second-order valence-electron chi connectivity index (χ2n) is 5.11. The van der Waals surface area contributed by atoms with E-state index in [1.54, 1.807) is 36.5 Å². The number of hydrogen-bond acceptors (Lipinski definition) is 3. The summed E-state index contributed by atoms with van der Waals surface area (Å²) in [4.78, 5) is 18.6. The van der Waals surface area contributed by atoms with E-state index in [4.69, 9.17) is 16.3 Å². The number of fused-ring (bicyclic) bond motifs is 1. The fourth-order valence-electron chi connectivity index (χ4n) is 2.70. The number of carbonyl (C=O) groups is 1. The minimum Gasteiger partial charge on any atom is -0.495 e. The lowest BCUT2D eigenvalue weighted by Gasteiger charge is -2.34. The van der Waals surface area contributed by atoms with Crippen LogP contribution in [0.3, 0.4) is 0 Å². The molecule has 108 valence electrons. The van der Waals surface area contributed by atoms with Gasteiger partial charge in [-0.15, -0.1) is 0 Å². The number of methoxy groups -OCH3 is 1. The minimum absolute atomic E-state index is 0.0320. The summed E-state index contributed by atoms with van der Waals surface area (Å²) < 4.78 is 5.18. The highest BCUT2D eigenvalue weighted by Crippen LogP contribution is 2.31. The highest BCUT2D eigenvalue weighted by molar-refractivity contribution is 6.30. The highest BCUT2D eigenvalue weighted by Gasteiger charge is 2.31. The summed E-state index contributed by atoms with van der Waals surface area (Å²) in [5.41, 5.74) is 2.43. The molecule has 1 aliphatic heterocycles. The number of aromatic nitrogens is 1. The molecule has 0 radical (unpaired) electrons. The molecule has 1 aromatic carbocycles. The first-order valence-corrected chi connectivity index (χ1v) is 7.09. The molecule has 1 aromatic heterocycles. The number of pyridine rings is 1. The number of nitrogens with zero attached hydrogens (tertiary/aromatic N) is 2. The predicted molar refractivity (Wildman–Crippen MR) is 82.2 cm³/mol. The third kappa shape index (κ3) is 2.47. The molecule has 3 rings (SSSR count). The fraction of sp³-hybridized carbons (Fsp3) is 0.250. The first kappa shape index (κ1) is 13.9. The standard InChI is InChI=1S/C16H15ClN2O2/c1-10-5-11-6-12(17)3-4-15(11)16(20)19(10)13-7-14(21-2)9-18-8-13/h3-4,6-10H,5H2,1-2H3. The van der Waals surface area contributed by atoms with Crippen molar-refractivity contribution < 1.29 is 9.53 Å². The Morgan fingerprint density at radius 1 is 1.33 bits per heavy atom. The Hall–Kier alpha value is -2.07. The zero-order chi connectivity index (χ0) is 15.0. The van der Waals surface area contributed by atoms with Gasteiger partial charge in [0.15, 0.2) is 0 Å². The van der Waals surface area contributed by atoms with E-state index in [1.807, 2.05) is 19.1 Å². The van der Waals surface area contributed by atoms with Gasteiger partial charge >= 0.3 is 0 Å². The number of carbonyl (C=O) groups excluding carboxylic acids is 1. The summed E-state index contributed by atoms with van der Waals surface area (Å²) in [7, 11) is 1.58. The van der Waals surface area contributed by atoms with Crippen LogP contribution >= 0.6 is 11.6 Å². The Kier molecular flexibility index (Phi) is 3.55. The van der Waals surface area contributed by atoms with Gasteiger partial charge in [-0.1, -0.05) is 11.6 Å². The fourth-order valence-corrected chi connectivity index (χ4v) is 2.90. The second kappa shape index (κ2) is 5.37. The zero-order valence-corrected chi connectivity index (χ0v) is 12.6. The Bertz CT molecular complexity index is 702. The van der Waals surface area contributed by atoms with Crippen molar-refractivity contribution in [2.45, 2.75) is 19.4 Å². The summed E-state index contributed by atoms with van der Waals surface area (Å²) in [6.07, 6.45) is 4.06. The van der Waals surface area contributed by atoms with Gasteiger partial charge in [0.25, 0.3) is 5.91 Å². The molecule has 1 aliphatic rings. The number of rotatable bonds is 2. The molecule has 0 spiro atoms. The van der Waals surface area contributed by atoms with Gasteiger partial charge in [-0.25, -0.2) is 0 Å². The van der Waals surface area contributed by atoms with Crippen molar-refractivity contribution in [1.29, 1.82) is 0 Å². The van der Waals surface area contributed by atoms with Crippen LogP contribution in [0.5, 0.6) is 5.75 Å². The SMILES string of the molecule is COc1cncc(N2C(=O)c3ccc(Cl)cc3CC2C)c1. The van der Waals surface area contributed by atoms with Crippen LogP contribution < -0.4 is 9.64 Å². The number of anilines is 1. The van der Waals surface area contributed by atoms with Gasteiger partial charge in [0.2, 0.25) is 0 Å². The van der Waals surface area contributed by atoms with Crippen molar-refractivity contribution in [1.82, 2.24) is 4.98 Å². The Labute approximate surface area is 128 Å². The topological polar surface area (TPSA) is 42.4 Å². The largest absolute Gasteiger partial charge is 0.495 e. The Balaban J connectivity index is 2.04. The van der Waals surface area contributed by atoms with Crippen molar-refractivity contribution in [2.24, 2.45) is 0 Å². The number of amides is 1. The van der Waals surface area contributed by atoms with E-state index in [-0.39, 0.29) is 11.9 Å². The summed E-state index contributed by atoms with van der Waals surface area (Å²) in [6, 6.07) is 7.26. The van der Waals surface area contributed by atoms with Crippen LogP contribution in [0.25, 0.3) is 0 Å². The molecule has 0 aliphatic carbocycles. The molecule has 4 nitrogen and oxygen atoms in total. The zero-order valence-electron chi connectivity index (χ0n) is 11.8. The number of hydrogen-bond donors (Lipinski definition) is 0. The van der Waals surface area contributed by atoms with E-state index in [9.17, 15) is 4.79 Å². The van der Waals surface area contributed by atoms with Gasteiger partial charge < -0.3 is 9.64 Å². The number of benzene rings is 1. The van der Waals surface area contributed by atoms with Gasteiger partial charge in [0.1, 0.15) is 5.75 Å². The molecule has 0 fully saturated rings. The Morgan fingerprint density at radius 3 is 2.90 bits per heavy atom. The molecular formula is C16H15ClN2O2. The molecule has 0 saturated heterocycles. The van der Waals surface area contributed by atoms with Crippen LogP contribution in [0.4, 0.5) is 5.69 Å². The molecule has 1 amide bonds. The van der Waals surface area contributed by atoms with Gasteiger partial charge in [0.05, 0.1) is 25.2 Å². The molecule has 2 aromatic rings. The molecule has 2 heterocycles. The van der Waals surface area contributed by atoms with Crippen LogP contribution in [0.1, 0.15) is 22.8 Å². The maximum Gasteiger partial charge on any atom is 0.258 e. The van der Waals surface area contributed by atoms with Crippen LogP contribution in [-0.4, -0.2) is 24.0 Å². The van der Waals surface area contributed by atoms with Crippen LogP contribution in [0.2, 0.25) is 5.02 Å². The van der Waals surface area contributed by atoms with Crippen molar-refractivity contribution in [2.75, 3.05) is 12.0 Å². The lowest BCUT2D eigenvalue weighted by molar-refractivity contribution is 0.0969. The normalized spacial score (nSPS) is 17.6. The smallest absolute Gasteiger partial charge is 0.258 e. The summed E-state index contributed by atoms with van der Waals surface area (Å²) in [5.74, 6) is 0.602. The van der Waals surface area contributed by atoms with Crippen molar-refractivity contribution in [3.05, 3.63) is 52.8 Å². The maximum absolute atomic E-state index is 12.8. The highest BCUT2D eigenvalue weighted by atomic mass is 35.5. The Morgan fingerprint density at radius 2 is 2.14 bits per heavy atom. The van der Waals surface area contributed by atoms with Crippen molar-refractivity contribution in [3.63, 3.8) is 0 Å². The summed E-state index contributed by atoms with van der Waals surface area (Å²) in [6.45, 7) is 2.02. The van der Waals surface area contributed by atoms with Gasteiger partial charge in [-0.2, -0.15) is 0 Å². The van der Waals surface area contributed by atoms with E-state index < -0.39 is 0 Å². The van der Waals surface area contributed by atoms with Crippen LogP contribution in [-0.2, 0) is 6.42 Å². The molecule has 0 saturated carbocycles. The van der Waals surface area contributed by atoms with Gasteiger partial charge in [0, 0.05) is 22.7 Å². The molecule has 0 bridgehead atoms. The molecular weight excluding hydrogens is 288 g/mol. The quantitative estimate of drug-likeness (QED) is 0.854. The van der Waals surface area contributed by atoms with Crippen LogP contribution in [0, 0.1) is 0 Å². The average molecular weight is 303 g/mol. The van der Waals surface area contributed by atoms with Crippen molar-refractivity contribution >= 4 is 23.2 Å². The number of halogens is 1. The van der Waals surface area contributed by atoms with E-state index >= 15 is 0 Å².